The van der Waals surface area contributed by atoms with Crippen molar-refractivity contribution in [3.8, 4) is 0 Å². The molecule has 0 bridgehead atoms. The number of carbonyl (C=O) groups is 1. The van der Waals surface area contributed by atoms with Gasteiger partial charge in [-0.3, -0.25) is 9.20 Å². The van der Waals surface area contributed by atoms with Crippen molar-refractivity contribution < 1.29 is 9.90 Å². The van der Waals surface area contributed by atoms with E-state index in [1.165, 1.54) is 4.40 Å². The summed E-state index contributed by atoms with van der Waals surface area (Å²) in [5, 5.41) is 9.18. The van der Waals surface area contributed by atoms with Crippen LogP contribution in [0.1, 0.15) is 10.5 Å². The van der Waals surface area contributed by atoms with Crippen molar-refractivity contribution in [3.05, 3.63) is 46.4 Å². The second-order valence-corrected chi connectivity index (χ2v) is 3.97. The summed E-state index contributed by atoms with van der Waals surface area (Å²) >= 11 is 0. The van der Waals surface area contributed by atoms with Crippen LogP contribution in [0.5, 0.6) is 0 Å². The first-order valence-electron chi connectivity index (χ1n) is 5.30. The quantitative estimate of drug-likeness (QED) is 0.688. The second kappa shape index (κ2) is 3.43. The van der Waals surface area contributed by atoms with Crippen molar-refractivity contribution in [1.82, 2.24) is 14.0 Å². The molecule has 0 aliphatic carbocycles. The number of aromatic nitrogens is 3. The van der Waals surface area contributed by atoms with Crippen LogP contribution in [0.15, 0.2) is 35.1 Å². The van der Waals surface area contributed by atoms with Gasteiger partial charge in [0.1, 0.15) is 5.69 Å². The molecule has 3 rings (SSSR count). The second-order valence-electron chi connectivity index (χ2n) is 3.97. The van der Waals surface area contributed by atoms with E-state index in [1.807, 2.05) is 18.2 Å². The normalized spacial score (nSPS) is 11.2. The standard InChI is InChI=1S/C12H9N3O3/c1-14-7-4-2-3-5-8(7)15-9(11(17)18)6-10(16)13-12(14)15/h2-6H,1H3,(H,17,18). The van der Waals surface area contributed by atoms with Crippen molar-refractivity contribution in [1.29, 1.82) is 0 Å². The fraction of sp³-hybridized carbons (Fsp3) is 0.0833. The maximum atomic E-state index is 11.4. The van der Waals surface area contributed by atoms with Crippen LogP contribution in [0.4, 0.5) is 0 Å². The number of para-hydroxylation sites is 2. The van der Waals surface area contributed by atoms with Crippen molar-refractivity contribution in [2.24, 2.45) is 7.05 Å². The van der Waals surface area contributed by atoms with E-state index < -0.39 is 11.5 Å². The largest absolute Gasteiger partial charge is 0.477 e. The number of rotatable bonds is 1. The molecule has 0 radical (unpaired) electrons. The van der Waals surface area contributed by atoms with Crippen molar-refractivity contribution in [2.75, 3.05) is 0 Å². The van der Waals surface area contributed by atoms with Gasteiger partial charge in [-0.25, -0.2) is 4.79 Å². The lowest BCUT2D eigenvalue weighted by Gasteiger charge is -2.00. The molecule has 1 aromatic carbocycles. The minimum atomic E-state index is -1.15. The van der Waals surface area contributed by atoms with E-state index in [-0.39, 0.29) is 5.69 Å². The van der Waals surface area contributed by atoms with Crippen LogP contribution in [0.2, 0.25) is 0 Å². The first kappa shape index (κ1) is 10.5. The van der Waals surface area contributed by atoms with Gasteiger partial charge in [0.05, 0.1) is 11.0 Å². The lowest BCUT2D eigenvalue weighted by atomic mass is 10.3. The Bertz CT molecular complexity index is 845. The Kier molecular flexibility index (Phi) is 2.00. The fourth-order valence-electron chi connectivity index (χ4n) is 2.13. The zero-order chi connectivity index (χ0) is 12.9. The number of aryl methyl sites for hydroxylation is 1. The van der Waals surface area contributed by atoms with Crippen LogP contribution >= 0.6 is 0 Å². The summed E-state index contributed by atoms with van der Waals surface area (Å²) in [5.41, 5.74) is 0.887. The molecule has 0 atom stereocenters. The molecule has 6 nitrogen and oxygen atoms in total. The molecular weight excluding hydrogens is 234 g/mol. The first-order valence-corrected chi connectivity index (χ1v) is 5.30. The Hall–Kier alpha value is -2.63. The third-order valence-electron chi connectivity index (χ3n) is 2.91. The van der Waals surface area contributed by atoms with E-state index in [1.54, 1.807) is 17.7 Å². The molecule has 3 aromatic rings. The molecular formula is C12H9N3O3. The van der Waals surface area contributed by atoms with Crippen molar-refractivity contribution in [3.63, 3.8) is 0 Å². The minimum absolute atomic E-state index is 0.0817. The predicted molar refractivity (Wildman–Crippen MR) is 64.9 cm³/mol. The van der Waals surface area contributed by atoms with Crippen molar-refractivity contribution >= 4 is 22.8 Å². The Morgan fingerprint density at radius 3 is 2.61 bits per heavy atom. The van der Waals surface area contributed by atoms with Gasteiger partial charge in [-0.2, -0.15) is 4.98 Å². The van der Waals surface area contributed by atoms with Gasteiger partial charge in [-0.1, -0.05) is 12.1 Å². The van der Waals surface area contributed by atoms with Crippen LogP contribution in [0, 0.1) is 0 Å². The van der Waals surface area contributed by atoms with Gasteiger partial charge in [0, 0.05) is 13.1 Å². The van der Waals surface area contributed by atoms with Crippen LogP contribution < -0.4 is 5.56 Å². The van der Waals surface area contributed by atoms with Crippen LogP contribution in [0.3, 0.4) is 0 Å². The number of carboxylic acids is 1. The molecule has 6 heteroatoms. The van der Waals surface area contributed by atoms with Gasteiger partial charge in [0.25, 0.3) is 5.56 Å². The van der Waals surface area contributed by atoms with E-state index in [2.05, 4.69) is 4.98 Å². The number of imidazole rings is 1. The van der Waals surface area contributed by atoms with Gasteiger partial charge in [-0.05, 0) is 12.1 Å². The number of aromatic carboxylic acids is 1. The Morgan fingerprint density at radius 2 is 1.94 bits per heavy atom. The topological polar surface area (TPSA) is 76.6 Å². The third-order valence-corrected chi connectivity index (χ3v) is 2.91. The lowest BCUT2D eigenvalue weighted by Crippen LogP contribution is -2.16. The summed E-state index contributed by atoms with van der Waals surface area (Å²) in [7, 11) is 1.75. The lowest BCUT2D eigenvalue weighted by molar-refractivity contribution is 0.0689. The average Bonchev–Trinajstić information content (AvgIpc) is 2.63. The molecule has 2 aromatic heterocycles. The van der Waals surface area contributed by atoms with Gasteiger partial charge >= 0.3 is 5.97 Å². The van der Waals surface area contributed by atoms with E-state index in [9.17, 15) is 14.7 Å². The summed E-state index contributed by atoms with van der Waals surface area (Å²) in [6, 6.07) is 8.33. The summed E-state index contributed by atoms with van der Waals surface area (Å²) in [6.07, 6.45) is 0. The molecule has 0 saturated heterocycles. The predicted octanol–water partition coefficient (Wildman–Crippen LogP) is 0.884. The molecule has 90 valence electrons. The molecule has 18 heavy (non-hydrogen) atoms. The zero-order valence-corrected chi connectivity index (χ0v) is 9.49. The average molecular weight is 243 g/mol. The van der Waals surface area contributed by atoms with E-state index >= 15 is 0 Å². The Morgan fingerprint density at radius 1 is 1.28 bits per heavy atom. The molecule has 0 unspecified atom stereocenters. The van der Waals surface area contributed by atoms with E-state index in [0.29, 0.717) is 11.3 Å². The van der Waals surface area contributed by atoms with Gasteiger partial charge in [-0.15, -0.1) is 0 Å². The molecule has 0 saturated carbocycles. The third kappa shape index (κ3) is 1.26. The molecule has 2 heterocycles. The van der Waals surface area contributed by atoms with Gasteiger partial charge in [0.15, 0.2) is 0 Å². The van der Waals surface area contributed by atoms with E-state index in [4.69, 9.17) is 0 Å². The van der Waals surface area contributed by atoms with Gasteiger partial charge in [0.2, 0.25) is 5.78 Å². The number of hydrogen-bond acceptors (Lipinski definition) is 3. The molecule has 0 aliphatic rings. The highest BCUT2D eigenvalue weighted by molar-refractivity contribution is 5.90. The molecule has 0 aliphatic heterocycles. The highest BCUT2D eigenvalue weighted by atomic mass is 16.4. The Balaban J connectivity index is 2.69. The zero-order valence-electron chi connectivity index (χ0n) is 9.49. The van der Waals surface area contributed by atoms with Crippen LogP contribution in [-0.2, 0) is 7.05 Å². The number of nitrogens with zero attached hydrogens (tertiary/aromatic N) is 3. The monoisotopic (exact) mass is 243 g/mol. The maximum Gasteiger partial charge on any atom is 0.353 e. The first-order chi connectivity index (χ1) is 8.59. The fourth-order valence-corrected chi connectivity index (χ4v) is 2.13. The number of carboxylic acid groups (broad SMARTS) is 1. The number of fused-ring (bicyclic) bond motifs is 3. The summed E-state index contributed by atoms with van der Waals surface area (Å²) in [5.74, 6) is -0.832. The highest BCUT2D eigenvalue weighted by Gasteiger charge is 2.16. The number of hydrogen-bond donors (Lipinski definition) is 1. The van der Waals surface area contributed by atoms with E-state index in [0.717, 1.165) is 11.6 Å². The molecule has 0 spiro atoms. The van der Waals surface area contributed by atoms with Crippen molar-refractivity contribution in [2.45, 2.75) is 0 Å². The molecule has 0 fully saturated rings. The summed E-state index contributed by atoms with van der Waals surface area (Å²) in [6.45, 7) is 0. The summed E-state index contributed by atoms with van der Waals surface area (Å²) < 4.78 is 3.17. The number of benzene rings is 1. The smallest absolute Gasteiger partial charge is 0.353 e. The van der Waals surface area contributed by atoms with Crippen LogP contribution in [-0.4, -0.2) is 25.0 Å². The molecule has 1 N–H and O–H groups in total. The SMILES string of the molecule is Cn1c2ccccc2n2c(C(=O)O)cc(=O)nc12. The summed E-state index contributed by atoms with van der Waals surface area (Å²) in [4.78, 5) is 26.5. The maximum absolute atomic E-state index is 11.4. The Labute approximate surface area is 101 Å². The van der Waals surface area contributed by atoms with Gasteiger partial charge < -0.3 is 9.67 Å². The minimum Gasteiger partial charge on any atom is -0.477 e. The molecule has 0 amide bonds. The highest BCUT2D eigenvalue weighted by Crippen LogP contribution is 2.18. The van der Waals surface area contributed by atoms with Crippen LogP contribution in [0.25, 0.3) is 16.8 Å².